The van der Waals surface area contributed by atoms with Crippen LogP contribution in [0.4, 0.5) is 10.1 Å². The zero-order valence-corrected chi connectivity index (χ0v) is 26.5. The summed E-state index contributed by atoms with van der Waals surface area (Å²) in [5.74, 6) is -2.12. The number of allylic oxidation sites excluding steroid dienone is 3. The maximum Gasteiger partial charge on any atom is 0.306 e. The standard InChI is InChI=1S/C32H37Cl2FN2O4S/c1-5-24(18-36(42-19(2)3)27-12-7-6-11-26(27)35)37-30(25-14-13-23(34)15-20(25)4)31(21-9-8-10-22(33)16-21)41-28(32(37)40)17-29(38)39/h6-16,19-20,24-25,28,30-31H,5,17-18H2,1-4H3,(H,38,39). The summed E-state index contributed by atoms with van der Waals surface area (Å²) in [5.41, 5.74) is 1.18. The first-order valence-electron chi connectivity index (χ1n) is 14.2. The smallest absolute Gasteiger partial charge is 0.306 e. The summed E-state index contributed by atoms with van der Waals surface area (Å²) in [5, 5.41) is 11.0. The first-order chi connectivity index (χ1) is 20.0. The van der Waals surface area contributed by atoms with Crippen molar-refractivity contribution in [2.45, 2.75) is 70.1 Å². The number of halogens is 3. The van der Waals surface area contributed by atoms with Gasteiger partial charge in [-0.2, -0.15) is 0 Å². The summed E-state index contributed by atoms with van der Waals surface area (Å²) in [6, 6.07) is 13.0. The van der Waals surface area contributed by atoms with Crippen molar-refractivity contribution >= 4 is 52.7 Å². The fourth-order valence-electron chi connectivity index (χ4n) is 5.77. The van der Waals surface area contributed by atoms with Crippen LogP contribution in [-0.4, -0.2) is 51.9 Å². The minimum atomic E-state index is -1.20. The molecule has 2 aliphatic rings. The lowest BCUT2D eigenvalue weighted by Crippen LogP contribution is -2.63. The molecule has 1 heterocycles. The van der Waals surface area contributed by atoms with Gasteiger partial charge in [-0.3, -0.25) is 9.59 Å². The molecule has 1 aliphatic heterocycles. The van der Waals surface area contributed by atoms with E-state index in [9.17, 15) is 14.7 Å². The molecule has 0 bridgehead atoms. The Morgan fingerprint density at radius 1 is 1.19 bits per heavy atom. The molecule has 2 aromatic carbocycles. The van der Waals surface area contributed by atoms with Crippen LogP contribution in [0.2, 0.25) is 5.02 Å². The molecular weight excluding hydrogens is 598 g/mol. The number of hydrogen-bond donors (Lipinski definition) is 1. The highest BCUT2D eigenvalue weighted by Crippen LogP contribution is 2.44. The number of anilines is 1. The van der Waals surface area contributed by atoms with Gasteiger partial charge in [0.1, 0.15) is 18.0 Å². The molecular formula is C32H37Cl2FN2O4S. The first-order valence-corrected chi connectivity index (χ1v) is 15.8. The van der Waals surface area contributed by atoms with Gasteiger partial charge in [0.2, 0.25) is 0 Å². The van der Waals surface area contributed by atoms with E-state index in [1.807, 2.05) is 67.3 Å². The van der Waals surface area contributed by atoms with Gasteiger partial charge in [0.15, 0.2) is 0 Å². The number of rotatable bonds is 11. The molecule has 1 saturated heterocycles. The van der Waals surface area contributed by atoms with Gasteiger partial charge in [-0.15, -0.1) is 0 Å². The highest BCUT2D eigenvalue weighted by atomic mass is 35.5. The summed E-state index contributed by atoms with van der Waals surface area (Å²) < 4.78 is 23.4. The summed E-state index contributed by atoms with van der Waals surface area (Å²) in [4.78, 5) is 28.0. The minimum Gasteiger partial charge on any atom is -0.481 e. The molecule has 1 fully saturated rings. The number of nitrogens with zero attached hydrogens (tertiary/aromatic N) is 2. The van der Waals surface area contributed by atoms with Gasteiger partial charge in [-0.25, -0.2) is 4.39 Å². The van der Waals surface area contributed by atoms with Crippen molar-refractivity contribution in [3.05, 3.63) is 88.2 Å². The number of carbonyl (C=O) groups excluding carboxylic acids is 1. The molecule has 42 heavy (non-hydrogen) atoms. The summed E-state index contributed by atoms with van der Waals surface area (Å²) in [6.07, 6.45) is 3.99. The van der Waals surface area contributed by atoms with E-state index in [0.29, 0.717) is 28.7 Å². The van der Waals surface area contributed by atoms with Crippen molar-refractivity contribution in [1.82, 2.24) is 4.90 Å². The molecule has 6 nitrogen and oxygen atoms in total. The highest BCUT2D eigenvalue weighted by molar-refractivity contribution is 8.01. The van der Waals surface area contributed by atoms with E-state index < -0.39 is 42.6 Å². The molecule has 6 unspecified atom stereocenters. The van der Waals surface area contributed by atoms with Crippen LogP contribution in [0.1, 0.15) is 52.2 Å². The van der Waals surface area contributed by atoms with Crippen molar-refractivity contribution in [3.8, 4) is 0 Å². The van der Waals surface area contributed by atoms with Crippen LogP contribution in [0.25, 0.3) is 0 Å². The Balaban J connectivity index is 1.85. The fourth-order valence-corrected chi connectivity index (χ4v) is 7.27. The maximum absolute atomic E-state index is 15.1. The molecule has 6 atom stereocenters. The largest absolute Gasteiger partial charge is 0.481 e. The van der Waals surface area contributed by atoms with E-state index in [0.717, 1.165) is 5.56 Å². The zero-order valence-electron chi connectivity index (χ0n) is 24.1. The Labute approximate surface area is 261 Å². The second-order valence-corrected chi connectivity index (χ2v) is 13.5. The molecule has 1 aliphatic carbocycles. The first kappa shape index (κ1) is 32.4. The predicted octanol–water partition coefficient (Wildman–Crippen LogP) is 7.88. The van der Waals surface area contributed by atoms with Gasteiger partial charge in [0.25, 0.3) is 5.91 Å². The van der Waals surface area contributed by atoms with Gasteiger partial charge in [0, 0.05) is 21.2 Å². The van der Waals surface area contributed by atoms with Crippen LogP contribution in [0.15, 0.2) is 71.8 Å². The van der Waals surface area contributed by atoms with Crippen LogP contribution >= 0.6 is 35.1 Å². The Hall–Kier alpha value is -2.52. The molecule has 0 saturated carbocycles. The monoisotopic (exact) mass is 634 g/mol. The summed E-state index contributed by atoms with van der Waals surface area (Å²) in [6.45, 7) is 8.42. The Morgan fingerprint density at radius 2 is 1.93 bits per heavy atom. The van der Waals surface area contributed by atoms with Crippen molar-refractivity contribution in [2.75, 3.05) is 10.8 Å². The number of ether oxygens (including phenoxy) is 1. The number of para-hydroxylation sites is 1. The Bertz CT molecular complexity index is 1340. The van der Waals surface area contributed by atoms with Crippen molar-refractivity contribution in [3.63, 3.8) is 0 Å². The second-order valence-electron chi connectivity index (χ2n) is 11.0. The third-order valence-electron chi connectivity index (χ3n) is 7.61. The number of carboxylic acids is 1. The molecule has 0 radical (unpaired) electrons. The number of hydrogen-bond acceptors (Lipinski definition) is 5. The SMILES string of the molecule is CCC(CN(SC(C)C)c1ccccc1F)N1C(=O)C(CC(=O)O)OC(c2cccc(Cl)c2)C1C1C=CC(Cl)=CC1C. The van der Waals surface area contributed by atoms with Gasteiger partial charge in [-0.05, 0) is 60.2 Å². The summed E-state index contributed by atoms with van der Waals surface area (Å²) in [7, 11) is 0. The Morgan fingerprint density at radius 3 is 2.55 bits per heavy atom. The molecule has 1 N–H and O–H groups in total. The number of carbonyl (C=O) groups is 2. The van der Waals surface area contributed by atoms with E-state index in [1.165, 1.54) is 18.0 Å². The van der Waals surface area contributed by atoms with Gasteiger partial charge < -0.3 is 19.0 Å². The van der Waals surface area contributed by atoms with Crippen molar-refractivity contribution in [2.24, 2.45) is 11.8 Å². The van der Waals surface area contributed by atoms with Crippen molar-refractivity contribution in [1.29, 1.82) is 0 Å². The topological polar surface area (TPSA) is 70.1 Å². The average molecular weight is 636 g/mol. The lowest BCUT2D eigenvalue weighted by atomic mass is 9.77. The third kappa shape index (κ3) is 7.51. The van der Waals surface area contributed by atoms with Crippen LogP contribution in [0.3, 0.4) is 0 Å². The predicted molar refractivity (Wildman–Crippen MR) is 168 cm³/mol. The molecule has 0 aromatic heterocycles. The quantitative estimate of drug-likeness (QED) is 0.254. The number of morpholine rings is 1. The fraction of sp³-hybridized carbons (Fsp3) is 0.438. The lowest BCUT2D eigenvalue weighted by Gasteiger charge is -2.51. The van der Waals surface area contributed by atoms with E-state index in [4.69, 9.17) is 27.9 Å². The van der Waals surface area contributed by atoms with E-state index in [1.54, 1.807) is 30.3 Å². The maximum atomic E-state index is 15.1. The third-order valence-corrected chi connectivity index (χ3v) is 9.12. The molecule has 4 rings (SSSR count). The molecule has 1 amide bonds. The number of amides is 1. The molecule has 0 spiro atoms. The van der Waals surface area contributed by atoms with Crippen molar-refractivity contribution < 1.29 is 23.8 Å². The van der Waals surface area contributed by atoms with E-state index in [2.05, 4.69) is 0 Å². The van der Waals surface area contributed by atoms with Crippen LogP contribution in [-0.2, 0) is 14.3 Å². The average Bonchev–Trinajstić information content (AvgIpc) is 2.92. The zero-order chi connectivity index (χ0) is 30.6. The highest BCUT2D eigenvalue weighted by Gasteiger charge is 2.50. The molecule has 2 aromatic rings. The van der Waals surface area contributed by atoms with Gasteiger partial charge >= 0.3 is 5.97 Å². The second kappa shape index (κ2) is 14.3. The normalized spacial score (nSPS) is 25.0. The number of benzene rings is 2. The lowest BCUT2D eigenvalue weighted by molar-refractivity contribution is -0.186. The van der Waals surface area contributed by atoms with E-state index in [-0.39, 0.29) is 22.9 Å². The van der Waals surface area contributed by atoms with Crippen LogP contribution in [0.5, 0.6) is 0 Å². The van der Waals surface area contributed by atoms with Gasteiger partial charge in [0.05, 0.1) is 30.7 Å². The number of aliphatic carboxylic acids is 1. The summed E-state index contributed by atoms with van der Waals surface area (Å²) >= 11 is 14.3. The van der Waals surface area contributed by atoms with E-state index >= 15 is 4.39 Å². The Kier molecular flexibility index (Phi) is 11.0. The molecule has 226 valence electrons. The van der Waals surface area contributed by atoms with Gasteiger partial charge in [-0.1, -0.05) is 87.3 Å². The van der Waals surface area contributed by atoms with Crippen LogP contribution < -0.4 is 4.31 Å². The van der Waals surface area contributed by atoms with Crippen LogP contribution in [0, 0.1) is 17.7 Å². The minimum absolute atomic E-state index is 0.0469. The number of carboxylic acid groups (broad SMARTS) is 1. The molecule has 10 heteroatoms.